The quantitative estimate of drug-likeness (QED) is 0.478. The number of aryl methyl sites for hydroxylation is 1. The maximum Gasteiger partial charge on any atom is 0.126 e. The van der Waals surface area contributed by atoms with Gasteiger partial charge in [-0.1, -0.05) is 66.4 Å². The Morgan fingerprint density at radius 3 is 2.38 bits per heavy atom. The molecule has 0 bridgehead atoms. The predicted octanol–water partition coefficient (Wildman–Crippen LogP) is 5.32. The lowest BCUT2D eigenvalue weighted by atomic mass is 9.96. The minimum atomic E-state index is 0.271. The van der Waals surface area contributed by atoms with Gasteiger partial charge in [-0.3, -0.25) is 4.98 Å². The number of aromatic nitrogens is 1. The standard InChI is InChI=1S/C24H17NO/c1-17-8-7-12-21(24(17)26)22-16-25-23-13-6-5-11-20(23)19(22)15-14-18-9-3-2-4-10-18/h2-13,16,26H,1H3. The fourth-order valence-corrected chi connectivity index (χ4v) is 3.01. The van der Waals surface area contributed by atoms with E-state index in [2.05, 4.69) is 16.8 Å². The molecule has 0 amide bonds. The highest BCUT2D eigenvalue weighted by Crippen LogP contribution is 2.35. The molecule has 0 saturated carbocycles. The predicted molar refractivity (Wildman–Crippen MR) is 106 cm³/mol. The SMILES string of the molecule is Cc1cccc(-c2cnc3ccccc3c2C#Cc2ccccc2)c1O. The minimum Gasteiger partial charge on any atom is -0.507 e. The number of benzene rings is 3. The van der Waals surface area contributed by atoms with Crippen LogP contribution >= 0.6 is 0 Å². The number of phenolic OH excluding ortho intramolecular Hbond substituents is 1. The molecule has 2 heteroatoms. The van der Waals surface area contributed by atoms with Gasteiger partial charge in [-0.25, -0.2) is 0 Å². The molecule has 2 nitrogen and oxygen atoms in total. The van der Waals surface area contributed by atoms with Gasteiger partial charge in [0.2, 0.25) is 0 Å². The fourth-order valence-electron chi connectivity index (χ4n) is 3.01. The summed E-state index contributed by atoms with van der Waals surface area (Å²) in [6.45, 7) is 1.89. The van der Waals surface area contributed by atoms with E-state index in [1.54, 1.807) is 6.20 Å². The third-order valence-corrected chi connectivity index (χ3v) is 4.41. The molecule has 0 aliphatic heterocycles. The van der Waals surface area contributed by atoms with Crippen LogP contribution in [0.25, 0.3) is 22.0 Å². The molecule has 0 aliphatic carbocycles. The summed E-state index contributed by atoms with van der Waals surface area (Å²) in [6.07, 6.45) is 1.80. The van der Waals surface area contributed by atoms with E-state index in [-0.39, 0.29) is 5.75 Å². The molecular weight excluding hydrogens is 318 g/mol. The monoisotopic (exact) mass is 335 g/mol. The van der Waals surface area contributed by atoms with E-state index in [0.717, 1.165) is 38.7 Å². The lowest BCUT2D eigenvalue weighted by Gasteiger charge is -2.11. The molecule has 1 aromatic heterocycles. The largest absolute Gasteiger partial charge is 0.507 e. The zero-order valence-corrected chi connectivity index (χ0v) is 14.4. The van der Waals surface area contributed by atoms with Crippen LogP contribution in [0.4, 0.5) is 0 Å². The van der Waals surface area contributed by atoms with Gasteiger partial charge in [0.25, 0.3) is 0 Å². The lowest BCUT2D eigenvalue weighted by Crippen LogP contribution is -1.92. The van der Waals surface area contributed by atoms with Crippen molar-refractivity contribution in [1.29, 1.82) is 0 Å². The second-order valence-corrected chi connectivity index (χ2v) is 6.15. The number of phenols is 1. The van der Waals surface area contributed by atoms with Crippen LogP contribution < -0.4 is 0 Å². The Morgan fingerprint density at radius 2 is 1.54 bits per heavy atom. The zero-order chi connectivity index (χ0) is 17.9. The molecule has 0 aliphatic rings. The normalized spacial score (nSPS) is 10.3. The Balaban J connectivity index is 1.99. The third-order valence-electron chi connectivity index (χ3n) is 4.41. The van der Waals surface area contributed by atoms with Crippen LogP contribution in [-0.4, -0.2) is 10.1 Å². The Morgan fingerprint density at radius 1 is 0.769 bits per heavy atom. The molecule has 124 valence electrons. The van der Waals surface area contributed by atoms with Crippen molar-refractivity contribution < 1.29 is 5.11 Å². The maximum absolute atomic E-state index is 10.6. The first-order valence-corrected chi connectivity index (χ1v) is 8.48. The molecule has 0 spiro atoms. The van der Waals surface area contributed by atoms with Gasteiger partial charge in [-0.15, -0.1) is 0 Å². The summed E-state index contributed by atoms with van der Waals surface area (Å²) in [6, 6.07) is 23.6. The van der Waals surface area contributed by atoms with E-state index >= 15 is 0 Å². The van der Waals surface area contributed by atoms with E-state index in [9.17, 15) is 5.11 Å². The van der Waals surface area contributed by atoms with Gasteiger partial charge < -0.3 is 5.11 Å². The van der Waals surface area contributed by atoms with Crippen LogP contribution in [0, 0.1) is 18.8 Å². The Labute approximate surface area is 152 Å². The molecule has 0 unspecified atom stereocenters. The van der Waals surface area contributed by atoms with Crippen LogP contribution in [0.2, 0.25) is 0 Å². The van der Waals surface area contributed by atoms with E-state index < -0.39 is 0 Å². The summed E-state index contributed by atoms with van der Waals surface area (Å²) in [5.41, 5.74) is 5.14. The molecule has 0 fully saturated rings. The van der Waals surface area contributed by atoms with Gasteiger partial charge >= 0.3 is 0 Å². The average molecular weight is 335 g/mol. The molecular formula is C24H17NO. The minimum absolute atomic E-state index is 0.271. The van der Waals surface area contributed by atoms with Gasteiger partial charge in [-0.2, -0.15) is 0 Å². The van der Waals surface area contributed by atoms with Crippen molar-refractivity contribution in [3.63, 3.8) is 0 Å². The van der Waals surface area contributed by atoms with Crippen molar-refractivity contribution in [3.05, 3.63) is 95.7 Å². The number of hydrogen-bond donors (Lipinski definition) is 1. The number of para-hydroxylation sites is 2. The van der Waals surface area contributed by atoms with Crippen LogP contribution in [0.15, 0.2) is 79.0 Å². The summed E-state index contributed by atoms with van der Waals surface area (Å²) in [5, 5.41) is 11.5. The maximum atomic E-state index is 10.6. The fraction of sp³-hybridized carbons (Fsp3) is 0.0417. The third kappa shape index (κ3) is 2.92. The number of rotatable bonds is 1. The Kier molecular flexibility index (Phi) is 4.13. The van der Waals surface area contributed by atoms with Gasteiger partial charge in [0.1, 0.15) is 5.75 Å². The van der Waals surface area contributed by atoms with Crippen LogP contribution in [-0.2, 0) is 0 Å². The smallest absolute Gasteiger partial charge is 0.126 e. The summed E-state index contributed by atoms with van der Waals surface area (Å²) < 4.78 is 0. The molecule has 1 N–H and O–H groups in total. The summed E-state index contributed by atoms with van der Waals surface area (Å²) in [7, 11) is 0. The van der Waals surface area contributed by atoms with Gasteiger partial charge in [-0.05, 0) is 30.7 Å². The van der Waals surface area contributed by atoms with E-state index in [1.807, 2.05) is 79.7 Å². The van der Waals surface area contributed by atoms with Crippen molar-refractivity contribution in [2.24, 2.45) is 0 Å². The highest BCUT2D eigenvalue weighted by molar-refractivity contribution is 5.93. The van der Waals surface area contributed by atoms with Crippen LogP contribution in [0.3, 0.4) is 0 Å². The highest BCUT2D eigenvalue weighted by atomic mass is 16.3. The lowest BCUT2D eigenvalue weighted by molar-refractivity contribution is 0.473. The van der Waals surface area contributed by atoms with Crippen LogP contribution in [0.1, 0.15) is 16.7 Å². The van der Waals surface area contributed by atoms with E-state index in [0.29, 0.717) is 0 Å². The molecule has 0 radical (unpaired) electrons. The van der Waals surface area contributed by atoms with E-state index in [4.69, 9.17) is 0 Å². The number of fused-ring (bicyclic) bond motifs is 1. The second-order valence-electron chi connectivity index (χ2n) is 6.15. The second kappa shape index (κ2) is 6.74. The molecule has 1 heterocycles. The average Bonchev–Trinajstić information content (AvgIpc) is 2.69. The molecule has 0 atom stereocenters. The highest BCUT2D eigenvalue weighted by Gasteiger charge is 2.13. The Hall–Kier alpha value is -3.57. The van der Waals surface area contributed by atoms with Gasteiger partial charge in [0.15, 0.2) is 0 Å². The first-order chi connectivity index (χ1) is 12.7. The molecule has 4 rings (SSSR count). The van der Waals surface area contributed by atoms with Crippen molar-refractivity contribution in [2.45, 2.75) is 6.92 Å². The number of pyridine rings is 1. The molecule has 0 saturated heterocycles. The number of aromatic hydroxyl groups is 1. The first kappa shape index (κ1) is 15.9. The molecule has 4 aromatic rings. The molecule has 3 aromatic carbocycles. The van der Waals surface area contributed by atoms with Crippen molar-refractivity contribution in [3.8, 4) is 28.7 Å². The van der Waals surface area contributed by atoms with Gasteiger partial charge in [0, 0.05) is 33.8 Å². The first-order valence-electron chi connectivity index (χ1n) is 8.48. The zero-order valence-electron chi connectivity index (χ0n) is 14.4. The number of nitrogens with zero attached hydrogens (tertiary/aromatic N) is 1. The number of hydrogen-bond acceptors (Lipinski definition) is 2. The van der Waals surface area contributed by atoms with E-state index in [1.165, 1.54) is 0 Å². The van der Waals surface area contributed by atoms with Gasteiger partial charge in [0.05, 0.1) is 5.52 Å². The summed E-state index contributed by atoms with van der Waals surface area (Å²) >= 11 is 0. The molecule has 26 heavy (non-hydrogen) atoms. The summed E-state index contributed by atoms with van der Waals surface area (Å²) in [4.78, 5) is 4.57. The topological polar surface area (TPSA) is 33.1 Å². The Bertz CT molecular complexity index is 1150. The van der Waals surface area contributed by atoms with Crippen molar-refractivity contribution in [2.75, 3.05) is 0 Å². The van der Waals surface area contributed by atoms with Crippen LogP contribution in [0.5, 0.6) is 5.75 Å². The van der Waals surface area contributed by atoms with Crippen molar-refractivity contribution in [1.82, 2.24) is 4.98 Å². The summed E-state index contributed by atoms with van der Waals surface area (Å²) in [5.74, 6) is 6.83. The van der Waals surface area contributed by atoms with Crippen molar-refractivity contribution >= 4 is 10.9 Å².